The molecule has 3 rings (SSSR count). The summed E-state index contributed by atoms with van der Waals surface area (Å²) >= 11 is 5.67. The minimum absolute atomic E-state index is 0.129. The third-order valence-corrected chi connectivity index (χ3v) is 4.01. The van der Waals surface area contributed by atoms with Gasteiger partial charge in [0.1, 0.15) is 5.82 Å². The highest BCUT2D eigenvalue weighted by molar-refractivity contribution is 6.31. The van der Waals surface area contributed by atoms with Crippen LogP contribution in [0.1, 0.15) is 21.6 Å². The smallest absolute Gasteiger partial charge is 0.322 e. The van der Waals surface area contributed by atoms with Gasteiger partial charge in [-0.15, -0.1) is 0 Å². The first kappa shape index (κ1) is 18.8. The Morgan fingerprint density at radius 3 is 2.52 bits per heavy atom. The highest BCUT2D eigenvalue weighted by Gasteiger charge is 2.30. The molecular weight excluding hydrogens is 388 g/mol. The van der Waals surface area contributed by atoms with Crippen LogP contribution in [0.2, 0.25) is 5.02 Å². The molecule has 0 aliphatic carbocycles. The monoisotopic (exact) mass is 398 g/mol. The number of hydrogen-bond acceptors (Lipinski definition) is 3. The summed E-state index contributed by atoms with van der Waals surface area (Å²) in [7, 11) is 0. The van der Waals surface area contributed by atoms with E-state index in [1.807, 2.05) is 0 Å². The summed E-state index contributed by atoms with van der Waals surface area (Å²) in [5.74, 6) is -1.02. The maximum absolute atomic E-state index is 13.2. The zero-order chi connectivity index (χ0) is 19.8. The molecule has 0 unspecified atom stereocenters. The molecule has 0 aliphatic rings. The molecule has 5 nitrogen and oxygen atoms in total. The van der Waals surface area contributed by atoms with Gasteiger partial charge >= 0.3 is 6.18 Å². The van der Waals surface area contributed by atoms with Gasteiger partial charge in [-0.2, -0.15) is 18.3 Å². The zero-order valence-electron chi connectivity index (χ0n) is 13.7. The summed E-state index contributed by atoms with van der Waals surface area (Å²) in [4.78, 5) is 16.1. The van der Waals surface area contributed by atoms with Gasteiger partial charge in [-0.1, -0.05) is 11.6 Å². The molecule has 140 valence electrons. The lowest BCUT2D eigenvalue weighted by Crippen LogP contribution is -2.13. The molecule has 0 fully saturated rings. The molecular formula is C17H11ClF4N4O. The van der Waals surface area contributed by atoms with E-state index in [1.165, 1.54) is 23.0 Å². The van der Waals surface area contributed by atoms with Crippen molar-refractivity contribution in [3.63, 3.8) is 0 Å². The number of hydrogen-bond donors (Lipinski definition) is 1. The predicted molar refractivity (Wildman–Crippen MR) is 90.5 cm³/mol. The Labute approximate surface area is 155 Å². The number of carbonyl (C=O) groups excluding carboxylic acids is 1. The minimum atomic E-state index is -4.49. The molecule has 2 aromatic heterocycles. The summed E-state index contributed by atoms with van der Waals surface area (Å²) in [6.45, 7) is 1.57. The Kier molecular flexibility index (Phi) is 4.88. The van der Waals surface area contributed by atoms with Gasteiger partial charge in [-0.25, -0.2) is 14.1 Å². The highest BCUT2D eigenvalue weighted by Crippen LogP contribution is 2.29. The van der Waals surface area contributed by atoms with Gasteiger partial charge in [0, 0.05) is 11.9 Å². The third kappa shape index (κ3) is 3.92. The lowest BCUT2D eigenvalue weighted by molar-refractivity contribution is -0.137. The topological polar surface area (TPSA) is 59.8 Å². The van der Waals surface area contributed by atoms with Crippen molar-refractivity contribution in [1.29, 1.82) is 0 Å². The van der Waals surface area contributed by atoms with Crippen LogP contribution in [0.15, 0.2) is 42.7 Å². The molecule has 0 bridgehead atoms. The number of halogens is 5. The Hall–Kier alpha value is -2.94. The first-order chi connectivity index (χ1) is 12.7. The summed E-state index contributed by atoms with van der Waals surface area (Å²) in [6, 6.07) is 5.75. The first-order valence-electron chi connectivity index (χ1n) is 7.51. The Morgan fingerprint density at radius 1 is 1.19 bits per heavy atom. The second-order valence-electron chi connectivity index (χ2n) is 5.54. The second-order valence-corrected chi connectivity index (χ2v) is 5.95. The molecule has 2 heterocycles. The first-order valence-corrected chi connectivity index (χ1v) is 7.89. The third-order valence-electron chi connectivity index (χ3n) is 3.72. The number of nitrogens with zero attached hydrogens (tertiary/aromatic N) is 3. The van der Waals surface area contributed by atoms with Crippen LogP contribution in [-0.2, 0) is 6.18 Å². The molecule has 1 N–H and O–H groups in total. The maximum atomic E-state index is 13.2. The van der Waals surface area contributed by atoms with E-state index in [9.17, 15) is 22.4 Å². The van der Waals surface area contributed by atoms with E-state index in [0.29, 0.717) is 11.9 Å². The van der Waals surface area contributed by atoms with Crippen molar-refractivity contribution in [2.24, 2.45) is 0 Å². The van der Waals surface area contributed by atoms with Crippen molar-refractivity contribution in [3.8, 4) is 5.82 Å². The Morgan fingerprint density at radius 2 is 1.93 bits per heavy atom. The Bertz CT molecular complexity index is 999. The SMILES string of the molecule is Cc1c(C(=O)Nc2ccc(F)c(Cl)c2)cnn1-c1ccc(C(F)(F)F)cn1. The number of anilines is 1. The Balaban J connectivity index is 1.84. The number of nitrogens with one attached hydrogen (secondary N) is 1. The van der Waals surface area contributed by atoms with Gasteiger partial charge in [0.2, 0.25) is 0 Å². The summed E-state index contributed by atoms with van der Waals surface area (Å²) in [6.07, 6.45) is -2.54. The maximum Gasteiger partial charge on any atom is 0.417 e. The number of rotatable bonds is 3. The summed E-state index contributed by atoms with van der Waals surface area (Å²) in [5.41, 5.74) is -0.0569. The van der Waals surface area contributed by atoms with E-state index >= 15 is 0 Å². The van der Waals surface area contributed by atoms with Crippen molar-refractivity contribution in [2.75, 3.05) is 5.32 Å². The molecule has 1 amide bonds. The molecule has 0 atom stereocenters. The van der Waals surface area contributed by atoms with Gasteiger partial charge in [-0.3, -0.25) is 4.79 Å². The lowest BCUT2D eigenvalue weighted by atomic mass is 10.2. The predicted octanol–water partition coefficient (Wildman–Crippen LogP) is 4.64. The molecule has 10 heteroatoms. The fraction of sp³-hybridized carbons (Fsp3) is 0.118. The normalized spacial score (nSPS) is 11.5. The van der Waals surface area contributed by atoms with Crippen molar-refractivity contribution < 1.29 is 22.4 Å². The van der Waals surface area contributed by atoms with E-state index in [-0.39, 0.29) is 22.1 Å². The number of carbonyl (C=O) groups is 1. The van der Waals surface area contributed by atoms with Crippen LogP contribution in [0.5, 0.6) is 0 Å². The number of amides is 1. The van der Waals surface area contributed by atoms with Gasteiger partial charge in [0.25, 0.3) is 5.91 Å². The standard InChI is InChI=1S/C17H11ClF4N4O/c1-9-12(16(27)25-11-3-4-14(19)13(18)6-11)8-24-26(9)15-5-2-10(7-23-15)17(20,21)22/h2-8H,1H3,(H,25,27). The fourth-order valence-electron chi connectivity index (χ4n) is 2.31. The molecule has 0 saturated carbocycles. The fourth-order valence-corrected chi connectivity index (χ4v) is 2.50. The largest absolute Gasteiger partial charge is 0.417 e. The van der Waals surface area contributed by atoms with Crippen molar-refractivity contribution in [3.05, 3.63) is 70.4 Å². The average molecular weight is 399 g/mol. The van der Waals surface area contributed by atoms with E-state index < -0.39 is 23.5 Å². The molecule has 3 aromatic rings. The molecule has 27 heavy (non-hydrogen) atoms. The number of aromatic nitrogens is 3. The van der Waals surface area contributed by atoms with Crippen LogP contribution < -0.4 is 5.32 Å². The number of alkyl halides is 3. The van der Waals surface area contributed by atoms with Crippen molar-refractivity contribution in [2.45, 2.75) is 13.1 Å². The van der Waals surface area contributed by atoms with Crippen LogP contribution in [0.4, 0.5) is 23.2 Å². The average Bonchev–Trinajstić information content (AvgIpc) is 2.99. The molecule has 0 aliphatic heterocycles. The van der Waals surface area contributed by atoms with Crippen LogP contribution in [0.3, 0.4) is 0 Å². The van der Waals surface area contributed by atoms with Gasteiger partial charge in [0.15, 0.2) is 5.82 Å². The van der Waals surface area contributed by atoms with Crippen LogP contribution in [-0.4, -0.2) is 20.7 Å². The zero-order valence-corrected chi connectivity index (χ0v) is 14.4. The van der Waals surface area contributed by atoms with E-state index in [1.54, 1.807) is 6.92 Å². The van der Waals surface area contributed by atoms with E-state index in [2.05, 4.69) is 15.4 Å². The van der Waals surface area contributed by atoms with E-state index in [0.717, 1.165) is 18.2 Å². The van der Waals surface area contributed by atoms with Gasteiger partial charge in [-0.05, 0) is 37.3 Å². The molecule has 0 saturated heterocycles. The summed E-state index contributed by atoms with van der Waals surface area (Å²) in [5, 5.41) is 6.40. The highest BCUT2D eigenvalue weighted by atomic mass is 35.5. The van der Waals surface area contributed by atoms with Crippen LogP contribution in [0, 0.1) is 12.7 Å². The van der Waals surface area contributed by atoms with Crippen molar-refractivity contribution >= 4 is 23.2 Å². The molecule has 1 aromatic carbocycles. The second kappa shape index (κ2) is 6.99. The van der Waals surface area contributed by atoms with Gasteiger partial charge < -0.3 is 5.32 Å². The molecule has 0 radical (unpaired) electrons. The van der Waals surface area contributed by atoms with Crippen LogP contribution in [0.25, 0.3) is 5.82 Å². The van der Waals surface area contributed by atoms with E-state index in [4.69, 9.17) is 11.6 Å². The number of pyridine rings is 1. The van der Waals surface area contributed by atoms with Gasteiger partial charge in [0.05, 0.1) is 28.0 Å². The lowest BCUT2D eigenvalue weighted by Gasteiger charge is -2.08. The number of benzene rings is 1. The van der Waals surface area contributed by atoms with Crippen LogP contribution >= 0.6 is 11.6 Å². The molecule has 0 spiro atoms. The summed E-state index contributed by atoms with van der Waals surface area (Å²) < 4.78 is 52.3. The minimum Gasteiger partial charge on any atom is -0.322 e. The quantitative estimate of drug-likeness (QED) is 0.654. The van der Waals surface area contributed by atoms with Crippen molar-refractivity contribution in [1.82, 2.24) is 14.8 Å².